The molecule has 1 heterocycles. The molecular weight excluding hydrogens is 232 g/mol. The van der Waals surface area contributed by atoms with Crippen LogP contribution in [0.1, 0.15) is 60.3 Å². The van der Waals surface area contributed by atoms with E-state index in [-0.39, 0.29) is 24.5 Å². The van der Waals surface area contributed by atoms with Gasteiger partial charge in [0, 0.05) is 0 Å². The molecule has 0 N–H and O–H groups in total. The number of rotatable bonds is 5. The minimum Gasteiger partial charge on any atom is -0.458 e. The third kappa shape index (κ3) is 2.68. The summed E-state index contributed by atoms with van der Waals surface area (Å²) in [6, 6.07) is 0. The van der Waals surface area contributed by atoms with E-state index in [2.05, 4.69) is 0 Å². The summed E-state index contributed by atoms with van der Waals surface area (Å²) in [7, 11) is 0. The predicted molar refractivity (Wildman–Crippen MR) is 68.0 cm³/mol. The summed E-state index contributed by atoms with van der Waals surface area (Å²) in [5, 5.41) is 0. The molecule has 0 saturated carbocycles. The van der Waals surface area contributed by atoms with E-state index in [4.69, 9.17) is 9.47 Å². The summed E-state index contributed by atoms with van der Waals surface area (Å²) in [6.07, 6.45) is 1.83. The maximum atomic E-state index is 12.2. The Morgan fingerprint density at radius 2 is 2.06 bits per heavy atom. The van der Waals surface area contributed by atoms with E-state index >= 15 is 0 Å². The number of ether oxygens (including phenoxy) is 2. The predicted octanol–water partition coefficient (Wildman–Crippen LogP) is 2.84. The Labute approximate surface area is 109 Å². The van der Waals surface area contributed by atoms with Gasteiger partial charge in [0.25, 0.3) is 0 Å². The summed E-state index contributed by atoms with van der Waals surface area (Å²) in [4.78, 5) is 23.7. The van der Waals surface area contributed by atoms with E-state index in [1.54, 1.807) is 0 Å². The van der Waals surface area contributed by atoms with E-state index in [0.29, 0.717) is 19.3 Å². The average Bonchev–Trinajstić information content (AvgIpc) is 2.65. The zero-order valence-electron chi connectivity index (χ0n) is 12.0. The van der Waals surface area contributed by atoms with Gasteiger partial charge in [-0.3, -0.25) is 9.59 Å². The average molecular weight is 256 g/mol. The molecule has 4 nitrogen and oxygen atoms in total. The van der Waals surface area contributed by atoms with Crippen LogP contribution in [0.2, 0.25) is 0 Å². The van der Waals surface area contributed by atoms with Crippen LogP contribution in [0, 0.1) is 5.41 Å². The molecule has 1 rings (SSSR count). The first-order chi connectivity index (χ1) is 8.31. The van der Waals surface area contributed by atoms with Gasteiger partial charge in [0.05, 0.1) is 11.8 Å². The fraction of sp³-hybridized carbons (Fsp3) is 0.857. The van der Waals surface area contributed by atoms with Crippen LogP contribution >= 0.6 is 0 Å². The summed E-state index contributed by atoms with van der Waals surface area (Å²) in [5.41, 5.74) is -1.29. The van der Waals surface area contributed by atoms with Gasteiger partial charge in [-0.2, -0.15) is 0 Å². The molecule has 0 bridgehead atoms. The first-order valence-corrected chi connectivity index (χ1v) is 6.74. The lowest BCUT2D eigenvalue weighted by molar-refractivity contribution is -0.178. The van der Waals surface area contributed by atoms with Crippen LogP contribution < -0.4 is 0 Å². The third-order valence-electron chi connectivity index (χ3n) is 4.01. The maximum absolute atomic E-state index is 12.2. The fourth-order valence-electron chi connectivity index (χ4n) is 2.11. The van der Waals surface area contributed by atoms with Crippen molar-refractivity contribution in [3.05, 3.63) is 0 Å². The second-order valence-electron chi connectivity index (χ2n) is 5.61. The summed E-state index contributed by atoms with van der Waals surface area (Å²) in [5.74, 6) is -0.519. The molecule has 1 fully saturated rings. The van der Waals surface area contributed by atoms with Gasteiger partial charge in [-0.15, -0.1) is 0 Å². The SMILES string of the molecule is CCC1OC(=O)CC1(CC)OC(=O)C(C)(C)CC. The van der Waals surface area contributed by atoms with Crippen LogP contribution in [-0.4, -0.2) is 23.6 Å². The Balaban J connectivity index is 2.90. The van der Waals surface area contributed by atoms with E-state index < -0.39 is 11.0 Å². The van der Waals surface area contributed by atoms with E-state index in [0.717, 1.165) is 0 Å². The molecule has 2 unspecified atom stereocenters. The summed E-state index contributed by atoms with van der Waals surface area (Å²) < 4.78 is 10.9. The molecule has 4 heteroatoms. The van der Waals surface area contributed by atoms with Crippen molar-refractivity contribution < 1.29 is 19.1 Å². The van der Waals surface area contributed by atoms with E-state index in [1.165, 1.54) is 0 Å². The Morgan fingerprint density at radius 1 is 1.44 bits per heavy atom. The zero-order valence-corrected chi connectivity index (χ0v) is 12.0. The van der Waals surface area contributed by atoms with Gasteiger partial charge in [0.2, 0.25) is 0 Å². The quantitative estimate of drug-likeness (QED) is 0.710. The molecule has 0 aromatic heterocycles. The van der Waals surface area contributed by atoms with Crippen molar-refractivity contribution >= 4 is 11.9 Å². The standard InChI is InChI=1S/C14H24O4/c1-6-10-14(8-3,9-11(15)17-10)18-12(16)13(4,5)7-2/h10H,6-9H2,1-5H3. The molecule has 18 heavy (non-hydrogen) atoms. The number of carbonyl (C=O) groups excluding carboxylic acids is 2. The highest BCUT2D eigenvalue weighted by atomic mass is 16.6. The lowest BCUT2D eigenvalue weighted by Crippen LogP contribution is -2.45. The van der Waals surface area contributed by atoms with E-state index in [1.807, 2.05) is 34.6 Å². The molecule has 1 aliphatic rings. The van der Waals surface area contributed by atoms with Gasteiger partial charge in [-0.05, 0) is 33.1 Å². The van der Waals surface area contributed by atoms with Crippen LogP contribution in [0.25, 0.3) is 0 Å². The molecule has 1 aliphatic heterocycles. The van der Waals surface area contributed by atoms with Gasteiger partial charge < -0.3 is 9.47 Å². The van der Waals surface area contributed by atoms with Crippen molar-refractivity contribution in [1.29, 1.82) is 0 Å². The topological polar surface area (TPSA) is 52.6 Å². The molecule has 0 spiro atoms. The maximum Gasteiger partial charge on any atom is 0.312 e. The van der Waals surface area contributed by atoms with Crippen molar-refractivity contribution in [1.82, 2.24) is 0 Å². The zero-order chi connectivity index (χ0) is 14.0. The van der Waals surface area contributed by atoms with Gasteiger partial charge in [-0.25, -0.2) is 0 Å². The molecule has 0 aromatic rings. The number of cyclic esters (lactones) is 1. The highest BCUT2D eigenvalue weighted by Gasteiger charge is 2.51. The number of hydrogen-bond donors (Lipinski definition) is 0. The fourth-order valence-corrected chi connectivity index (χ4v) is 2.11. The lowest BCUT2D eigenvalue weighted by Gasteiger charge is -2.34. The van der Waals surface area contributed by atoms with Crippen molar-refractivity contribution in [3.63, 3.8) is 0 Å². The number of carbonyl (C=O) groups is 2. The number of hydrogen-bond acceptors (Lipinski definition) is 4. The van der Waals surface area contributed by atoms with Crippen molar-refractivity contribution in [2.24, 2.45) is 5.41 Å². The number of esters is 2. The minimum atomic E-state index is -0.768. The first-order valence-electron chi connectivity index (χ1n) is 6.74. The largest absolute Gasteiger partial charge is 0.458 e. The Hall–Kier alpha value is -1.06. The second-order valence-corrected chi connectivity index (χ2v) is 5.61. The molecule has 0 aromatic carbocycles. The van der Waals surface area contributed by atoms with Gasteiger partial charge in [-0.1, -0.05) is 20.8 Å². The highest BCUT2D eigenvalue weighted by Crippen LogP contribution is 2.38. The normalized spacial score (nSPS) is 28.1. The lowest BCUT2D eigenvalue weighted by atomic mass is 9.87. The summed E-state index contributed by atoms with van der Waals surface area (Å²) in [6.45, 7) is 9.53. The molecule has 0 amide bonds. The van der Waals surface area contributed by atoms with Crippen LogP contribution in [0.3, 0.4) is 0 Å². The van der Waals surface area contributed by atoms with E-state index in [9.17, 15) is 9.59 Å². The van der Waals surface area contributed by atoms with Crippen LogP contribution in [0.5, 0.6) is 0 Å². The van der Waals surface area contributed by atoms with Gasteiger partial charge in [0.15, 0.2) is 5.60 Å². The molecule has 0 radical (unpaired) electrons. The van der Waals surface area contributed by atoms with Gasteiger partial charge >= 0.3 is 11.9 Å². The van der Waals surface area contributed by atoms with Crippen LogP contribution in [0.15, 0.2) is 0 Å². The first kappa shape index (κ1) is 15.0. The smallest absolute Gasteiger partial charge is 0.312 e. The molecular formula is C14H24O4. The molecule has 2 atom stereocenters. The molecule has 104 valence electrons. The minimum absolute atomic E-state index is 0.174. The highest BCUT2D eigenvalue weighted by molar-refractivity contribution is 5.79. The van der Waals surface area contributed by atoms with Crippen LogP contribution in [-0.2, 0) is 19.1 Å². The third-order valence-corrected chi connectivity index (χ3v) is 4.01. The summed E-state index contributed by atoms with van der Waals surface area (Å²) >= 11 is 0. The van der Waals surface area contributed by atoms with Crippen molar-refractivity contribution in [2.75, 3.05) is 0 Å². The van der Waals surface area contributed by atoms with Gasteiger partial charge in [0.1, 0.15) is 6.10 Å². The van der Waals surface area contributed by atoms with Crippen molar-refractivity contribution in [2.45, 2.75) is 72.0 Å². The Bertz CT molecular complexity index is 335. The second kappa shape index (κ2) is 5.29. The Morgan fingerprint density at radius 3 is 2.50 bits per heavy atom. The monoisotopic (exact) mass is 256 g/mol. The van der Waals surface area contributed by atoms with Crippen molar-refractivity contribution in [3.8, 4) is 0 Å². The molecule has 1 saturated heterocycles. The molecule has 0 aliphatic carbocycles. The van der Waals surface area contributed by atoms with Crippen LogP contribution in [0.4, 0.5) is 0 Å². The Kier molecular flexibility index (Phi) is 4.41.